The number of hydrogen-bond acceptors (Lipinski definition) is 1. The molecule has 0 unspecified atom stereocenters. The first kappa shape index (κ1) is 17.2. The van der Waals surface area contributed by atoms with Crippen LogP contribution in [-0.4, -0.2) is 20.3 Å². The van der Waals surface area contributed by atoms with Crippen molar-refractivity contribution < 1.29 is 4.43 Å². The Labute approximate surface area is 114 Å². The topological polar surface area (TPSA) is 9.23 Å². The smallest absolute Gasteiger partial charge is 0.192 e. The summed E-state index contributed by atoms with van der Waals surface area (Å²) >= 11 is 5.79. The lowest BCUT2D eigenvalue weighted by Gasteiger charge is -2.40. The Bertz CT molecular complexity index is 264. The largest absolute Gasteiger partial charge is 0.410 e. The van der Waals surface area contributed by atoms with Crippen LogP contribution in [0.3, 0.4) is 0 Å². The van der Waals surface area contributed by atoms with Gasteiger partial charge in [-0.05, 0) is 36.5 Å². The zero-order valence-electron chi connectivity index (χ0n) is 12.7. The standard InChI is InChI=1S/C14H29ClOSi/c1-11(2)13(12(3)9-10-15)16-17(7,8)14(4,5)6/h9,11,13H,10H2,1-8H3/b12-9+/t13-/m0/s1. The first-order chi connectivity index (χ1) is 7.53. The Morgan fingerprint density at radius 3 is 2.06 bits per heavy atom. The Morgan fingerprint density at radius 1 is 1.29 bits per heavy atom. The van der Waals surface area contributed by atoms with Crippen molar-refractivity contribution in [3.63, 3.8) is 0 Å². The van der Waals surface area contributed by atoms with Crippen molar-refractivity contribution >= 4 is 19.9 Å². The lowest BCUT2D eigenvalue weighted by Crippen LogP contribution is -2.45. The minimum Gasteiger partial charge on any atom is -0.410 e. The Hall–Kier alpha value is 0.207. The van der Waals surface area contributed by atoms with E-state index in [0.29, 0.717) is 11.8 Å². The first-order valence-electron chi connectivity index (χ1n) is 6.43. The van der Waals surface area contributed by atoms with E-state index in [1.165, 1.54) is 5.57 Å². The Balaban J connectivity index is 4.97. The molecule has 0 amide bonds. The zero-order valence-corrected chi connectivity index (χ0v) is 14.5. The molecule has 3 heteroatoms. The van der Waals surface area contributed by atoms with E-state index in [1.54, 1.807) is 0 Å². The summed E-state index contributed by atoms with van der Waals surface area (Å²) in [5.41, 5.74) is 1.26. The van der Waals surface area contributed by atoms with Gasteiger partial charge in [0.05, 0.1) is 6.10 Å². The van der Waals surface area contributed by atoms with E-state index in [2.05, 4.69) is 60.7 Å². The fourth-order valence-electron chi connectivity index (χ4n) is 1.49. The summed E-state index contributed by atoms with van der Waals surface area (Å²) in [7, 11) is -1.71. The number of alkyl halides is 1. The SMILES string of the molecule is C/C(=C\CCl)[C@@H](O[Si](C)(C)C(C)(C)C)C(C)C. The van der Waals surface area contributed by atoms with E-state index >= 15 is 0 Å². The highest BCUT2D eigenvalue weighted by atomic mass is 35.5. The lowest BCUT2D eigenvalue weighted by molar-refractivity contribution is 0.166. The molecule has 102 valence electrons. The molecule has 0 N–H and O–H groups in total. The summed E-state index contributed by atoms with van der Waals surface area (Å²) in [5, 5.41) is 0.251. The van der Waals surface area contributed by atoms with Crippen LogP contribution < -0.4 is 0 Å². The van der Waals surface area contributed by atoms with Gasteiger partial charge in [0.1, 0.15) is 0 Å². The molecule has 0 spiro atoms. The van der Waals surface area contributed by atoms with Gasteiger partial charge in [-0.25, -0.2) is 0 Å². The normalized spacial score (nSPS) is 16.5. The Kier molecular flexibility index (Phi) is 6.47. The minimum atomic E-state index is -1.71. The van der Waals surface area contributed by atoms with Gasteiger partial charge < -0.3 is 4.43 Å². The highest BCUT2D eigenvalue weighted by molar-refractivity contribution is 6.74. The average molecular weight is 277 g/mol. The van der Waals surface area contributed by atoms with Crippen molar-refractivity contribution in [2.75, 3.05) is 5.88 Å². The van der Waals surface area contributed by atoms with Crippen LogP contribution in [0.15, 0.2) is 11.6 Å². The fraction of sp³-hybridized carbons (Fsp3) is 0.857. The van der Waals surface area contributed by atoms with Crippen LogP contribution in [0, 0.1) is 5.92 Å². The monoisotopic (exact) mass is 276 g/mol. The number of rotatable bonds is 5. The molecule has 0 aromatic rings. The summed E-state index contributed by atoms with van der Waals surface area (Å²) in [4.78, 5) is 0. The van der Waals surface area contributed by atoms with Crippen LogP contribution >= 0.6 is 11.6 Å². The molecular weight excluding hydrogens is 248 g/mol. The second kappa shape index (κ2) is 6.40. The summed E-state index contributed by atoms with van der Waals surface area (Å²) in [6.45, 7) is 18.0. The zero-order chi connectivity index (χ0) is 13.9. The molecule has 0 aliphatic carbocycles. The maximum absolute atomic E-state index is 6.49. The first-order valence-corrected chi connectivity index (χ1v) is 9.87. The molecule has 0 rings (SSSR count). The third-order valence-corrected chi connectivity index (χ3v) is 8.29. The van der Waals surface area contributed by atoms with Gasteiger partial charge in [0.2, 0.25) is 0 Å². The summed E-state index contributed by atoms with van der Waals surface area (Å²) < 4.78 is 6.49. The van der Waals surface area contributed by atoms with Crippen LogP contribution in [0.4, 0.5) is 0 Å². The highest BCUT2D eigenvalue weighted by Crippen LogP contribution is 2.38. The molecular formula is C14H29ClOSi. The third-order valence-electron chi connectivity index (χ3n) is 3.68. The molecule has 0 bridgehead atoms. The maximum atomic E-state index is 6.49. The lowest BCUT2D eigenvalue weighted by atomic mass is 10.0. The maximum Gasteiger partial charge on any atom is 0.192 e. The van der Waals surface area contributed by atoms with Crippen LogP contribution in [-0.2, 0) is 4.43 Å². The third kappa shape index (κ3) is 5.15. The van der Waals surface area contributed by atoms with E-state index in [0.717, 1.165) is 0 Å². The molecule has 0 aliphatic heterocycles. The molecule has 0 fully saturated rings. The predicted octanol–water partition coefficient (Wildman–Crippen LogP) is 5.22. The quantitative estimate of drug-likeness (QED) is 0.380. The second-order valence-electron chi connectivity index (χ2n) is 6.65. The van der Waals surface area contributed by atoms with E-state index in [-0.39, 0.29) is 11.1 Å². The van der Waals surface area contributed by atoms with Gasteiger partial charge in [0.15, 0.2) is 8.32 Å². The van der Waals surface area contributed by atoms with Crippen LogP contribution in [0.25, 0.3) is 0 Å². The predicted molar refractivity (Wildman–Crippen MR) is 81.4 cm³/mol. The fourth-order valence-corrected chi connectivity index (χ4v) is 3.18. The van der Waals surface area contributed by atoms with Crippen molar-refractivity contribution in [3.8, 4) is 0 Å². The van der Waals surface area contributed by atoms with Gasteiger partial charge in [0, 0.05) is 5.88 Å². The highest BCUT2D eigenvalue weighted by Gasteiger charge is 2.39. The number of hydrogen-bond donors (Lipinski definition) is 0. The molecule has 0 saturated heterocycles. The van der Waals surface area contributed by atoms with E-state index < -0.39 is 8.32 Å². The molecule has 0 saturated carbocycles. The van der Waals surface area contributed by atoms with Gasteiger partial charge >= 0.3 is 0 Å². The average Bonchev–Trinajstić information content (AvgIpc) is 2.12. The van der Waals surface area contributed by atoms with Crippen LogP contribution in [0.2, 0.25) is 18.1 Å². The van der Waals surface area contributed by atoms with Crippen molar-refractivity contribution in [1.29, 1.82) is 0 Å². The van der Waals surface area contributed by atoms with Crippen LogP contribution in [0.5, 0.6) is 0 Å². The molecule has 0 aromatic carbocycles. The Morgan fingerprint density at radius 2 is 1.76 bits per heavy atom. The summed E-state index contributed by atoms with van der Waals surface area (Å²) in [5.74, 6) is 1.05. The van der Waals surface area contributed by atoms with E-state index in [1.807, 2.05) is 0 Å². The van der Waals surface area contributed by atoms with E-state index in [9.17, 15) is 0 Å². The van der Waals surface area contributed by atoms with Crippen molar-refractivity contribution in [1.82, 2.24) is 0 Å². The number of allylic oxidation sites excluding steroid dienone is 1. The number of halogens is 1. The van der Waals surface area contributed by atoms with Crippen molar-refractivity contribution in [3.05, 3.63) is 11.6 Å². The van der Waals surface area contributed by atoms with Gasteiger partial charge in [-0.15, -0.1) is 11.6 Å². The molecule has 0 aromatic heterocycles. The van der Waals surface area contributed by atoms with Crippen molar-refractivity contribution in [2.45, 2.75) is 65.8 Å². The molecule has 1 atom stereocenters. The van der Waals surface area contributed by atoms with Gasteiger partial charge in [0.25, 0.3) is 0 Å². The van der Waals surface area contributed by atoms with Gasteiger partial charge in [-0.2, -0.15) is 0 Å². The van der Waals surface area contributed by atoms with Gasteiger partial charge in [-0.1, -0.05) is 40.7 Å². The van der Waals surface area contributed by atoms with Crippen molar-refractivity contribution in [2.24, 2.45) is 5.92 Å². The summed E-state index contributed by atoms with van der Waals surface area (Å²) in [6, 6.07) is 0. The molecule has 17 heavy (non-hydrogen) atoms. The molecule has 0 heterocycles. The van der Waals surface area contributed by atoms with E-state index in [4.69, 9.17) is 16.0 Å². The second-order valence-corrected chi connectivity index (χ2v) is 11.7. The minimum absolute atomic E-state index is 0.203. The van der Waals surface area contributed by atoms with Crippen LogP contribution in [0.1, 0.15) is 41.5 Å². The molecule has 0 radical (unpaired) electrons. The molecule has 0 aliphatic rings. The molecule has 1 nitrogen and oxygen atoms in total. The van der Waals surface area contributed by atoms with Gasteiger partial charge in [-0.3, -0.25) is 0 Å². The summed E-state index contributed by atoms with van der Waals surface area (Å²) in [6.07, 6.45) is 2.27.